The molecule has 1 aromatic carbocycles. The minimum Gasteiger partial charge on any atom is -0.504 e. The summed E-state index contributed by atoms with van der Waals surface area (Å²) in [5.41, 5.74) is 4.63. The zero-order chi connectivity index (χ0) is 17.0. The minimum atomic E-state index is 0.158. The van der Waals surface area contributed by atoms with E-state index in [1.54, 1.807) is 7.11 Å². The molecule has 1 unspecified atom stereocenters. The standard InChI is InChI=1S/C19H23IO3/c1-12(2)15-7-8-23-17(15)6-5-13(3)9-14-10-16(20)19(21)18(11-14)22-4/h7,9-11,17,21H,1,5-6,8H2,2-4H3/b13-9+. The van der Waals surface area contributed by atoms with Crippen LogP contribution in [-0.4, -0.2) is 24.9 Å². The first kappa shape index (κ1) is 18.1. The van der Waals surface area contributed by atoms with Gasteiger partial charge in [0.05, 0.1) is 23.4 Å². The maximum atomic E-state index is 9.90. The van der Waals surface area contributed by atoms with Gasteiger partial charge in [-0.15, -0.1) is 0 Å². The first-order valence-corrected chi connectivity index (χ1v) is 8.71. The van der Waals surface area contributed by atoms with Gasteiger partial charge in [0.25, 0.3) is 0 Å². The summed E-state index contributed by atoms with van der Waals surface area (Å²) in [4.78, 5) is 0. The van der Waals surface area contributed by atoms with Crippen LogP contribution in [0.1, 0.15) is 32.3 Å². The molecule has 0 spiro atoms. The monoisotopic (exact) mass is 426 g/mol. The lowest BCUT2D eigenvalue weighted by atomic mass is 9.98. The van der Waals surface area contributed by atoms with Gasteiger partial charge in [-0.2, -0.15) is 0 Å². The van der Waals surface area contributed by atoms with Gasteiger partial charge in [-0.25, -0.2) is 0 Å². The van der Waals surface area contributed by atoms with Crippen molar-refractivity contribution in [2.75, 3.05) is 13.7 Å². The fourth-order valence-electron chi connectivity index (χ4n) is 2.71. The summed E-state index contributed by atoms with van der Waals surface area (Å²) in [6, 6.07) is 3.81. The van der Waals surface area contributed by atoms with Crippen molar-refractivity contribution in [1.82, 2.24) is 0 Å². The minimum absolute atomic E-state index is 0.158. The van der Waals surface area contributed by atoms with E-state index < -0.39 is 0 Å². The molecule has 1 heterocycles. The second-order valence-electron chi connectivity index (χ2n) is 5.84. The van der Waals surface area contributed by atoms with Crippen LogP contribution in [0.5, 0.6) is 11.5 Å². The quantitative estimate of drug-likeness (QED) is 0.645. The van der Waals surface area contributed by atoms with Crippen LogP contribution in [0.25, 0.3) is 6.08 Å². The van der Waals surface area contributed by atoms with Crippen molar-refractivity contribution in [2.24, 2.45) is 0 Å². The van der Waals surface area contributed by atoms with Crippen molar-refractivity contribution < 1.29 is 14.6 Å². The van der Waals surface area contributed by atoms with Gasteiger partial charge >= 0.3 is 0 Å². The maximum absolute atomic E-state index is 9.90. The van der Waals surface area contributed by atoms with Crippen LogP contribution in [-0.2, 0) is 4.74 Å². The van der Waals surface area contributed by atoms with Crippen molar-refractivity contribution in [3.8, 4) is 11.5 Å². The molecule has 1 aromatic rings. The smallest absolute Gasteiger partial charge is 0.171 e. The maximum Gasteiger partial charge on any atom is 0.171 e. The van der Waals surface area contributed by atoms with E-state index in [1.807, 2.05) is 19.1 Å². The van der Waals surface area contributed by atoms with Crippen LogP contribution >= 0.6 is 22.6 Å². The fraction of sp³-hybridized carbons (Fsp3) is 0.368. The predicted octanol–water partition coefficient (Wildman–Crippen LogP) is 5.09. The van der Waals surface area contributed by atoms with Crippen molar-refractivity contribution in [3.05, 3.63) is 50.6 Å². The van der Waals surface area contributed by atoms with Crippen molar-refractivity contribution in [2.45, 2.75) is 32.8 Å². The summed E-state index contributed by atoms with van der Waals surface area (Å²) in [5, 5.41) is 9.90. The molecule has 0 saturated heterocycles. The molecule has 1 N–H and O–H groups in total. The van der Waals surface area contributed by atoms with Gasteiger partial charge in [0, 0.05) is 0 Å². The SMILES string of the molecule is C=C(C)C1=CCOC1CC/C(C)=C/c1cc(I)c(O)c(OC)c1. The number of ether oxygens (including phenoxy) is 2. The Labute approximate surface area is 151 Å². The van der Waals surface area contributed by atoms with Crippen LogP contribution in [0, 0.1) is 3.57 Å². The molecule has 23 heavy (non-hydrogen) atoms. The van der Waals surface area contributed by atoms with Gasteiger partial charge < -0.3 is 14.6 Å². The number of methoxy groups -OCH3 is 1. The van der Waals surface area contributed by atoms with Crippen LogP contribution in [0.3, 0.4) is 0 Å². The molecule has 3 nitrogen and oxygen atoms in total. The normalized spacial score (nSPS) is 18.0. The van der Waals surface area contributed by atoms with E-state index in [0.29, 0.717) is 12.4 Å². The van der Waals surface area contributed by atoms with Crippen LogP contribution in [0.2, 0.25) is 0 Å². The molecule has 0 radical (unpaired) electrons. The molecular weight excluding hydrogens is 403 g/mol. The molecule has 1 aliphatic heterocycles. The van der Waals surface area contributed by atoms with E-state index in [2.05, 4.69) is 48.2 Å². The highest BCUT2D eigenvalue weighted by molar-refractivity contribution is 14.1. The van der Waals surface area contributed by atoms with Crippen LogP contribution < -0.4 is 4.74 Å². The lowest BCUT2D eigenvalue weighted by Gasteiger charge is -2.15. The molecule has 0 bridgehead atoms. The summed E-state index contributed by atoms with van der Waals surface area (Å²) >= 11 is 2.11. The number of phenols is 1. The number of hydrogen-bond acceptors (Lipinski definition) is 3. The zero-order valence-corrected chi connectivity index (χ0v) is 16.0. The molecule has 0 amide bonds. The van der Waals surface area contributed by atoms with Gasteiger partial charge in [0.2, 0.25) is 0 Å². The lowest BCUT2D eigenvalue weighted by molar-refractivity contribution is 0.116. The van der Waals surface area contributed by atoms with Crippen molar-refractivity contribution >= 4 is 28.7 Å². The predicted molar refractivity (Wildman–Crippen MR) is 103 cm³/mol. The fourth-order valence-corrected chi connectivity index (χ4v) is 3.34. The van der Waals surface area contributed by atoms with Crippen LogP contribution in [0.15, 0.2) is 41.5 Å². The Morgan fingerprint density at radius 2 is 2.22 bits per heavy atom. The van der Waals surface area contributed by atoms with E-state index in [9.17, 15) is 5.11 Å². The number of aromatic hydroxyl groups is 1. The molecule has 2 rings (SSSR count). The Bertz CT molecular complexity index is 659. The highest BCUT2D eigenvalue weighted by Crippen LogP contribution is 2.33. The van der Waals surface area contributed by atoms with Crippen molar-refractivity contribution in [3.63, 3.8) is 0 Å². The molecule has 4 heteroatoms. The van der Waals surface area contributed by atoms with E-state index >= 15 is 0 Å². The van der Waals surface area contributed by atoms with E-state index in [1.165, 1.54) is 11.1 Å². The number of hydrogen-bond donors (Lipinski definition) is 1. The van der Waals surface area contributed by atoms with Gasteiger partial charge in [0.15, 0.2) is 11.5 Å². The molecule has 1 atom stereocenters. The molecule has 0 aromatic heterocycles. The van der Waals surface area contributed by atoms with E-state index in [0.717, 1.165) is 27.5 Å². The topological polar surface area (TPSA) is 38.7 Å². The molecule has 0 fully saturated rings. The summed E-state index contributed by atoms with van der Waals surface area (Å²) in [6.07, 6.45) is 6.32. The Balaban J connectivity index is 2.05. The first-order chi connectivity index (χ1) is 10.9. The zero-order valence-electron chi connectivity index (χ0n) is 13.9. The number of allylic oxidation sites excluding steroid dienone is 1. The Kier molecular flexibility index (Phi) is 6.30. The Morgan fingerprint density at radius 3 is 2.87 bits per heavy atom. The van der Waals surface area contributed by atoms with Crippen LogP contribution in [0.4, 0.5) is 0 Å². The summed E-state index contributed by atoms with van der Waals surface area (Å²) in [6.45, 7) is 8.85. The lowest BCUT2D eigenvalue weighted by Crippen LogP contribution is -2.10. The molecule has 0 aliphatic carbocycles. The van der Waals surface area contributed by atoms with Crippen molar-refractivity contribution in [1.29, 1.82) is 0 Å². The first-order valence-electron chi connectivity index (χ1n) is 7.63. The number of rotatable bonds is 6. The molecular formula is C19H23IO3. The summed E-state index contributed by atoms with van der Waals surface area (Å²) < 4.78 is 11.8. The van der Waals surface area contributed by atoms with Gasteiger partial charge in [-0.1, -0.05) is 29.9 Å². The number of phenolic OH excluding ortho intramolecular Hbond substituents is 1. The third kappa shape index (κ3) is 4.61. The summed E-state index contributed by atoms with van der Waals surface area (Å²) in [7, 11) is 1.56. The highest BCUT2D eigenvalue weighted by atomic mass is 127. The molecule has 124 valence electrons. The third-order valence-electron chi connectivity index (χ3n) is 3.92. The van der Waals surface area contributed by atoms with Gasteiger partial charge in [-0.3, -0.25) is 0 Å². The van der Waals surface area contributed by atoms with Gasteiger partial charge in [0.1, 0.15) is 0 Å². The average molecular weight is 426 g/mol. The second kappa shape index (κ2) is 8.02. The largest absolute Gasteiger partial charge is 0.504 e. The van der Waals surface area contributed by atoms with Gasteiger partial charge in [-0.05, 0) is 72.5 Å². The number of halogens is 1. The molecule has 0 saturated carbocycles. The summed E-state index contributed by atoms with van der Waals surface area (Å²) in [5.74, 6) is 0.695. The Morgan fingerprint density at radius 1 is 1.48 bits per heavy atom. The molecule has 1 aliphatic rings. The van der Waals surface area contributed by atoms with E-state index in [-0.39, 0.29) is 11.9 Å². The highest BCUT2D eigenvalue weighted by Gasteiger charge is 2.20. The number of benzene rings is 1. The Hall–Kier alpha value is -1.27. The third-order valence-corrected chi connectivity index (χ3v) is 4.75. The average Bonchev–Trinajstić information content (AvgIpc) is 2.97. The van der Waals surface area contributed by atoms with E-state index in [4.69, 9.17) is 9.47 Å². The second-order valence-corrected chi connectivity index (χ2v) is 7.01.